The number of aliphatic imine (C=N–C) groups is 1. The first-order valence-corrected chi connectivity index (χ1v) is 4.15. The van der Waals surface area contributed by atoms with E-state index in [1.807, 2.05) is 0 Å². The van der Waals surface area contributed by atoms with Crippen molar-refractivity contribution in [2.75, 3.05) is 7.05 Å². The number of phenols is 1. The maximum atomic E-state index is 9.35. The molecule has 0 saturated carbocycles. The van der Waals surface area contributed by atoms with E-state index in [2.05, 4.69) is 20.9 Å². The minimum atomic E-state index is 0.140. The highest BCUT2D eigenvalue weighted by atomic mass is 79.9. The third-order valence-electron chi connectivity index (χ3n) is 1.48. The van der Waals surface area contributed by atoms with Crippen LogP contribution in [-0.2, 0) is 0 Å². The van der Waals surface area contributed by atoms with E-state index in [9.17, 15) is 5.11 Å². The van der Waals surface area contributed by atoms with Crippen LogP contribution in [0.4, 0.5) is 0 Å². The van der Waals surface area contributed by atoms with Gasteiger partial charge in [-0.3, -0.25) is 4.99 Å². The number of nitrogens with two attached hydrogens (primary N) is 1. The first-order valence-electron chi connectivity index (χ1n) is 3.36. The summed E-state index contributed by atoms with van der Waals surface area (Å²) >= 11 is 3.27. The number of hydrogen-bond acceptors (Lipinski definition) is 2. The van der Waals surface area contributed by atoms with E-state index in [1.54, 1.807) is 25.2 Å². The molecule has 1 aromatic rings. The van der Waals surface area contributed by atoms with Crippen molar-refractivity contribution in [1.82, 2.24) is 0 Å². The highest BCUT2D eigenvalue weighted by Crippen LogP contribution is 2.21. The Morgan fingerprint density at radius 2 is 2.25 bits per heavy atom. The van der Waals surface area contributed by atoms with Crippen LogP contribution in [0.15, 0.2) is 27.7 Å². The standard InChI is InChI=1S/C8H9BrN2O/c1-11-8(10)6-4-5(9)2-3-7(6)12/h2-4,12H,1H3,(H2,10,11). The van der Waals surface area contributed by atoms with Crippen LogP contribution in [0.25, 0.3) is 0 Å². The molecule has 0 aliphatic carbocycles. The SMILES string of the molecule is CN=C(N)c1cc(Br)ccc1O. The van der Waals surface area contributed by atoms with Gasteiger partial charge >= 0.3 is 0 Å². The first kappa shape index (κ1) is 9.06. The molecule has 0 spiro atoms. The average Bonchev–Trinajstić information content (AvgIpc) is 2.08. The summed E-state index contributed by atoms with van der Waals surface area (Å²) in [5.41, 5.74) is 6.08. The molecule has 0 amide bonds. The third-order valence-corrected chi connectivity index (χ3v) is 1.97. The van der Waals surface area contributed by atoms with Gasteiger partial charge in [-0.25, -0.2) is 0 Å². The van der Waals surface area contributed by atoms with Gasteiger partial charge in [0.2, 0.25) is 0 Å². The Balaban J connectivity index is 3.23. The number of aromatic hydroxyl groups is 1. The second kappa shape index (κ2) is 3.58. The van der Waals surface area contributed by atoms with E-state index in [0.29, 0.717) is 11.4 Å². The number of hydrogen-bond donors (Lipinski definition) is 2. The van der Waals surface area contributed by atoms with Gasteiger partial charge in [0.05, 0.1) is 5.56 Å². The van der Waals surface area contributed by atoms with Gasteiger partial charge in [0.25, 0.3) is 0 Å². The molecule has 0 saturated heterocycles. The second-order valence-electron chi connectivity index (χ2n) is 2.27. The predicted octanol–water partition coefficient (Wildman–Crippen LogP) is 1.49. The largest absolute Gasteiger partial charge is 0.507 e. The van der Waals surface area contributed by atoms with Gasteiger partial charge in [-0.1, -0.05) is 15.9 Å². The highest BCUT2D eigenvalue weighted by molar-refractivity contribution is 9.10. The summed E-state index contributed by atoms with van der Waals surface area (Å²) in [4.78, 5) is 3.77. The second-order valence-corrected chi connectivity index (χ2v) is 3.19. The molecule has 0 fully saturated rings. The molecule has 1 rings (SSSR count). The van der Waals surface area contributed by atoms with Gasteiger partial charge in [-0.15, -0.1) is 0 Å². The molecule has 64 valence electrons. The zero-order chi connectivity index (χ0) is 9.14. The zero-order valence-corrected chi connectivity index (χ0v) is 8.17. The summed E-state index contributed by atoms with van der Waals surface area (Å²) in [7, 11) is 1.58. The van der Waals surface area contributed by atoms with E-state index >= 15 is 0 Å². The van der Waals surface area contributed by atoms with E-state index in [-0.39, 0.29) is 5.75 Å². The molecule has 3 nitrogen and oxygen atoms in total. The number of amidine groups is 1. The van der Waals surface area contributed by atoms with Gasteiger partial charge in [0.15, 0.2) is 0 Å². The molecule has 0 heterocycles. The highest BCUT2D eigenvalue weighted by Gasteiger charge is 2.04. The molecular weight excluding hydrogens is 220 g/mol. The normalized spacial score (nSPS) is 11.7. The van der Waals surface area contributed by atoms with E-state index in [0.717, 1.165) is 4.47 Å². The van der Waals surface area contributed by atoms with Crippen LogP contribution < -0.4 is 5.73 Å². The van der Waals surface area contributed by atoms with E-state index in [4.69, 9.17) is 5.73 Å². The smallest absolute Gasteiger partial charge is 0.129 e. The Morgan fingerprint density at radius 1 is 1.58 bits per heavy atom. The number of rotatable bonds is 1. The topological polar surface area (TPSA) is 58.6 Å². The average molecular weight is 229 g/mol. The summed E-state index contributed by atoms with van der Waals surface area (Å²) in [6, 6.07) is 5.02. The van der Waals surface area contributed by atoms with Gasteiger partial charge in [0.1, 0.15) is 11.6 Å². The molecule has 0 aliphatic heterocycles. The van der Waals surface area contributed by atoms with Gasteiger partial charge in [-0.05, 0) is 18.2 Å². The summed E-state index contributed by atoms with van der Waals surface area (Å²) < 4.78 is 0.863. The quantitative estimate of drug-likeness (QED) is 0.566. The fourth-order valence-electron chi connectivity index (χ4n) is 0.834. The van der Waals surface area contributed by atoms with Crippen molar-refractivity contribution in [2.45, 2.75) is 0 Å². The lowest BCUT2D eigenvalue weighted by Gasteiger charge is -2.02. The Bertz CT molecular complexity index is 323. The van der Waals surface area contributed by atoms with Crippen molar-refractivity contribution in [2.24, 2.45) is 10.7 Å². The lowest BCUT2D eigenvalue weighted by Crippen LogP contribution is -2.12. The number of phenolic OH excluding ortho intramolecular Hbond substituents is 1. The fourth-order valence-corrected chi connectivity index (χ4v) is 1.19. The Morgan fingerprint density at radius 3 is 2.83 bits per heavy atom. The lowest BCUT2D eigenvalue weighted by atomic mass is 10.2. The molecular formula is C8H9BrN2O. The third kappa shape index (κ3) is 1.76. The van der Waals surface area contributed by atoms with Crippen LogP contribution in [-0.4, -0.2) is 18.0 Å². The molecule has 0 atom stereocenters. The van der Waals surface area contributed by atoms with Crippen LogP contribution in [0.1, 0.15) is 5.56 Å². The Labute approximate surface area is 79.1 Å². The molecule has 3 N–H and O–H groups in total. The van der Waals surface area contributed by atoms with Crippen LogP contribution in [0, 0.1) is 0 Å². The van der Waals surface area contributed by atoms with Crippen molar-refractivity contribution >= 4 is 21.8 Å². The van der Waals surface area contributed by atoms with E-state index in [1.165, 1.54) is 0 Å². The number of halogens is 1. The maximum absolute atomic E-state index is 9.35. The van der Waals surface area contributed by atoms with Crippen molar-refractivity contribution in [1.29, 1.82) is 0 Å². The molecule has 12 heavy (non-hydrogen) atoms. The Hall–Kier alpha value is -1.03. The van der Waals surface area contributed by atoms with Crippen molar-refractivity contribution in [3.63, 3.8) is 0 Å². The Kier molecular flexibility index (Phi) is 2.70. The first-order chi connectivity index (χ1) is 5.65. The molecule has 0 unspecified atom stereocenters. The van der Waals surface area contributed by atoms with Gasteiger partial charge in [0, 0.05) is 11.5 Å². The fraction of sp³-hybridized carbons (Fsp3) is 0.125. The summed E-state index contributed by atoms with van der Waals surface area (Å²) in [6.07, 6.45) is 0. The predicted molar refractivity (Wildman–Crippen MR) is 52.5 cm³/mol. The van der Waals surface area contributed by atoms with Crippen molar-refractivity contribution in [3.05, 3.63) is 28.2 Å². The minimum absolute atomic E-state index is 0.140. The monoisotopic (exact) mass is 228 g/mol. The van der Waals surface area contributed by atoms with Crippen LogP contribution >= 0.6 is 15.9 Å². The van der Waals surface area contributed by atoms with Crippen LogP contribution in [0.2, 0.25) is 0 Å². The maximum Gasteiger partial charge on any atom is 0.129 e. The summed E-state index contributed by atoms with van der Waals surface area (Å²) in [5.74, 6) is 0.468. The number of nitrogens with zero attached hydrogens (tertiary/aromatic N) is 1. The minimum Gasteiger partial charge on any atom is -0.507 e. The van der Waals surface area contributed by atoms with Crippen LogP contribution in [0.3, 0.4) is 0 Å². The lowest BCUT2D eigenvalue weighted by molar-refractivity contribution is 0.474. The van der Waals surface area contributed by atoms with Gasteiger partial charge < -0.3 is 10.8 Å². The van der Waals surface area contributed by atoms with Crippen molar-refractivity contribution in [3.8, 4) is 5.75 Å². The van der Waals surface area contributed by atoms with E-state index < -0.39 is 0 Å². The molecule has 0 aromatic heterocycles. The molecule has 0 bridgehead atoms. The molecule has 4 heteroatoms. The van der Waals surface area contributed by atoms with Crippen molar-refractivity contribution < 1.29 is 5.11 Å². The molecule has 1 aromatic carbocycles. The number of benzene rings is 1. The molecule has 0 radical (unpaired) electrons. The molecule has 0 aliphatic rings. The van der Waals surface area contributed by atoms with Gasteiger partial charge in [-0.2, -0.15) is 0 Å². The summed E-state index contributed by atoms with van der Waals surface area (Å²) in [5, 5.41) is 9.35. The zero-order valence-electron chi connectivity index (χ0n) is 6.58. The van der Waals surface area contributed by atoms with Crippen LogP contribution in [0.5, 0.6) is 5.75 Å². The summed E-state index contributed by atoms with van der Waals surface area (Å²) in [6.45, 7) is 0.